The van der Waals surface area contributed by atoms with Gasteiger partial charge in [-0.15, -0.1) is 0 Å². The van der Waals surface area contributed by atoms with Gasteiger partial charge in [-0.3, -0.25) is 24.0 Å². The Morgan fingerprint density at radius 3 is 1.68 bits per heavy atom. The maximum absolute atomic E-state index is 13.7. The van der Waals surface area contributed by atoms with Crippen molar-refractivity contribution in [2.75, 3.05) is 19.8 Å². The fourth-order valence-corrected chi connectivity index (χ4v) is 6.54. The van der Waals surface area contributed by atoms with E-state index in [2.05, 4.69) is 27.8 Å². The normalized spacial score (nSPS) is 13.5. The molecule has 0 saturated heterocycles. The first-order chi connectivity index (χ1) is 28.7. The average Bonchev–Trinajstić information content (AvgIpc) is 3.55. The number of carbonyl (C=O) groups excluding carboxylic acids is 8. The molecule has 0 aliphatic heterocycles. The highest BCUT2D eigenvalue weighted by atomic mass is 16.6. The van der Waals surface area contributed by atoms with Crippen LogP contribution in [0, 0.1) is 16.7 Å². The highest BCUT2D eigenvalue weighted by Gasteiger charge is 2.33. The van der Waals surface area contributed by atoms with E-state index in [1.54, 1.807) is 6.92 Å². The third-order valence-corrected chi connectivity index (χ3v) is 9.48. The van der Waals surface area contributed by atoms with Crippen LogP contribution in [0.2, 0.25) is 0 Å². The van der Waals surface area contributed by atoms with Crippen LogP contribution in [0.5, 0.6) is 0 Å². The smallest absolute Gasteiger partial charge is 0.407 e. The molecule has 4 unspecified atom stereocenters. The van der Waals surface area contributed by atoms with Gasteiger partial charge in [0.2, 0.25) is 17.7 Å². The summed E-state index contributed by atoms with van der Waals surface area (Å²) in [5.74, 6) is -5.72. The summed E-state index contributed by atoms with van der Waals surface area (Å²) in [6.07, 6.45) is -0.0950. The molecule has 0 heterocycles. The van der Waals surface area contributed by atoms with Crippen LogP contribution in [-0.2, 0) is 47.8 Å². The molecule has 2 aromatic carbocycles. The van der Waals surface area contributed by atoms with E-state index in [0.717, 1.165) is 22.3 Å². The van der Waals surface area contributed by atoms with Gasteiger partial charge in [-0.05, 0) is 60.8 Å². The summed E-state index contributed by atoms with van der Waals surface area (Å²) in [4.78, 5) is 103. The van der Waals surface area contributed by atoms with Gasteiger partial charge >= 0.3 is 18.0 Å². The van der Waals surface area contributed by atoms with Gasteiger partial charge in [-0.1, -0.05) is 75.0 Å². The lowest BCUT2D eigenvalue weighted by atomic mass is 9.98. The van der Waals surface area contributed by atoms with Crippen molar-refractivity contribution in [1.82, 2.24) is 21.3 Å². The summed E-state index contributed by atoms with van der Waals surface area (Å²) in [5, 5.41) is 24.4. The molecule has 0 saturated carbocycles. The van der Waals surface area contributed by atoms with E-state index in [1.165, 1.54) is 6.08 Å². The second kappa shape index (κ2) is 24.4. The standard InChI is InChI=1S/C43H54N6O11/c1-5-21-59-42(56)35(18-16-28(51)24-45)47-39(53)34(17-15-27(50)23-44)46-38(52)20-19-36(41(55)58-6-2)48-40(54)37(22-26(3)4)49-43(57)60-25-33-31-13-9-7-11-29(31)30-12-8-10-14-32(30)33/h5,7-14,23-24,26,33-37,44-45H,1,6,15-22,25H2,2-4H3,(H,46,52)(H,47,53)(H,48,54)(H,49,57). The van der Waals surface area contributed by atoms with Crippen molar-refractivity contribution in [3.8, 4) is 11.1 Å². The number of esters is 2. The van der Waals surface area contributed by atoms with Crippen molar-refractivity contribution in [3.05, 3.63) is 72.3 Å². The molecule has 4 atom stereocenters. The van der Waals surface area contributed by atoms with Gasteiger partial charge in [0.1, 0.15) is 37.4 Å². The third kappa shape index (κ3) is 14.7. The summed E-state index contributed by atoms with van der Waals surface area (Å²) in [6.45, 7) is 8.48. The molecular formula is C43H54N6O11. The van der Waals surface area contributed by atoms with Crippen LogP contribution in [0.3, 0.4) is 0 Å². The van der Waals surface area contributed by atoms with Crippen LogP contribution >= 0.6 is 0 Å². The lowest BCUT2D eigenvalue weighted by molar-refractivity contribution is -0.148. The molecule has 60 heavy (non-hydrogen) atoms. The fourth-order valence-electron chi connectivity index (χ4n) is 6.54. The summed E-state index contributed by atoms with van der Waals surface area (Å²) in [5.41, 5.74) is 4.12. The van der Waals surface area contributed by atoms with Crippen LogP contribution in [0.25, 0.3) is 11.1 Å². The molecule has 0 aromatic heterocycles. The molecule has 1 aliphatic rings. The minimum absolute atomic E-state index is 0.00938. The Labute approximate surface area is 348 Å². The quantitative estimate of drug-likeness (QED) is 0.0346. The highest BCUT2D eigenvalue weighted by molar-refractivity contribution is 6.26. The molecule has 2 aromatic rings. The van der Waals surface area contributed by atoms with Crippen molar-refractivity contribution >= 4 is 59.7 Å². The Hall–Kier alpha value is -6.52. The van der Waals surface area contributed by atoms with Crippen molar-refractivity contribution in [1.29, 1.82) is 10.8 Å². The van der Waals surface area contributed by atoms with Gasteiger partial charge in [-0.25, -0.2) is 14.4 Å². The summed E-state index contributed by atoms with van der Waals surface area (Å²) >= 11 is 0. The lowest BCUT2D eigenvalue weighted by Gasteiger charge is -2.24. The van der Waals surface area contributed by atoms with Gasteiger partial charge in [-0.2, -0.15) is 0 Å². The van der Waals surface area contributed by atoms with E-state index >= 15 is 0 Å². The van der Waals surface area contributed by atoms with E-state index in [-0.39, 0.29) is 70.2 Å². The molecule has 0 bridgehead atoms. The SMILES string of the molecule is C=CCOC(=O)C(CCC(=O)C=N)NC(=O)C(CCC(=O)C=N)NC(=O)CCC(NC(=O)C(CC(C)C)NC(=O)OCC1c2ccccc2-c2ccccc21)C(=O)OCC. The van der Waals surface area contributed by atoms with Crippen LogP contribution in [0.1, 0.15) is 82.8 Å². The maximum atomic E-state index is 13.7. The van der Waals surface area contributed by atoms with E-state index in [0.29, 0.717) is 12.4 Å². The number of ether oxygens (including phenoxy) is 3. The first-order valence-electron chi connectivity index (χ1n) is 19.7. The molecule has 0 spiro atoms. The van der Waals surface area contributed by atoms with Crippen molar-refractivity contribution < 1.29 is 52.6 Å². The molecule has 0 radical (unpaired) electrons. The Bertz CT molecular complexity index is 1870. The molecule has 6 N–H and O–H groups in total. The Kier molecular flexibility index (Phi) is 19.5. The number of benzene rings is 2. The number of hydrogen-bond donors (Lipinski definition) is 6. The van der Waals surface area contributed by atoms with Crippen molar-refractivity contribution in [3.63, 3.8) is 0 Å². The molecule has 4 amide bonds. The van der Waals surface area contributed by atoms with Crippen molar-refractivity contribution in [2.24, 2.45) is 5.92 Å². The second-order valence-corrected chi connectivity index (χ2v) is 14.4. The third-order valence-electron chi connectivity index (χ3n) is 9.48. The van der Waals surface area contributed by atoms with Gasteiger partial charge in [0.25, 0.3) is 0 Å². The summed E-state index contributed by atoms with van der Waals surface area (Å²) in [6, 6.07) is 10.4. The first kappa shape index (κ1) is 47.9. The molecule has 3 rings (SSSR count). The zero-order chi connectivity index (χ0) is 44.2. The molecule has 17 heteroatoms. The van der Waals surface area contributed by atoms with Gasteiger partial charge < -0.3 is 46.3 Å². The molecule has 17 nitrogen and oxygen atoms in total. The van der Waals surface area contributed by atoms with Crippen LogP contribution in [0.15, 0.2) is 61.2 Å². The topological polar surface area (TPSA) is 260 Å². The predicted molar refractivity (Wildman–Crippen MR) is 220 cm³/mol. The Balaban J connectivity index is 1.70. The molecule has 0 fully saturated rings. The van der Waals surface area contributed by atoms with Gasteiger partial charge in [0.05, 0.1) is 19.0 Å². The van der Waals surface area contributed by atoms with Crippen LogP contribution in [0.4, 0.5) is 4.79 Å². The number of hydrogen-bond acceptors (Lipinski definition) is 13. The summed E-state index contributed by atoms with van der Waals surface area (Å²) < 4.78 is 15.9. The number of ketones is 2. The second-order valence-electron chi connectivity index (χ2n) is 14.4. The monoisotopic (exact) mass is 830 g/mol. The molecule has 322 valence electrons. The van der Waals surface area contributed by atoms with E-state index < -0.39 is 77.9 Å². The number of amides is 4. The largest absolute Gasteiger partial charge is 0.464 e. The summed E-state index contributed by atoms with van der Waals surface area (Å²) in [7, 11) is 0. The number of carbonyl (C=O) groups is 8. The molecule has 1 aliphatic carbocycles. The number of nitrogens with one attached hydrogen (secondary N) is 6. The zero-order valence-electron chi connectivity index (χ0n) is 34.1. The van der Waals surface area contributed by atoms with Gasteiger partial charge in [0.15, 0.2) is 11.6 Å². The average molecular weight is 831 g/mol. The van der Waals surface area contributed by atoms with Crippen LogP contribution < -0.4 is 21.3 Å². The van der Waals surface area contributed by atoms with Crippen LogP contribution in [-0.4, -0.2) is 104 Å². The molecular weight excluding hydrogens is 777 g/mol. The number of Topliss-reactive ketones (excluding diaryl/α,β-unsaturated/α-hetero) is 2. The van der Waals surface area contributed by atoms with E-state index in [9.17, 15) is 38.4 Å². The number of rotatable bonds is 26. The lowest BCUT2D eigenvalue weighted by Crippen LogP contribution is -2.53. The van der Waals surface area contributed by atoms with E-state index in [4.69, 9.17) is 25.0 Å². The maximum Gasteiger partial charge on any atom is 0.407 e. The Morgan fingerprint density at radius 1 is 0.667 bits per heavy atom. The first-order valence-corrected chi connectivity index (χ1v) is 19.7. The zero-order valence-corrected chi connectivity index (χ0v) is 34.1. The minimum atomic E-state index is -1.41. The number of alkyl carbamates (subject to hydrolysis) is 1. The van der Waals surface area contributed by atoms with E-state index in [1.807, 2.05) is 62.4 Å². The van der Waals surface area contributed by atoms with Gasteiger partial charge in [0, 0.05) is 25.2 Å². The predicted octanol–water partition coefficient (Wildman–Crippen LogP) is 3.46. The Morgan fingerprint density at radius 2 is 1.17 bits per heavy atom. The highest BCUT2D eigenvalue weighted by Crippen LogP contribution is 2.44. The fraction of sp³-hybridized carbons (Fsp3) is 0.442. The number of fused-ring (bicyclic) bond motifs is 3. The minimum Gasteiger partial charge on any atom is -0.464 e. The van der Waals surface area contributed by atoms with Crippen molar-refractivity contribution in [2.45, 2.75) is 95.8 Å².